The summed E-state index contributed by atoms with van der Waals surface area (Å²) in [6.45, 7) is 7.12. The highest BCUT2D eigenvalue weighted by Gasteiger charge is 2.20. The molecule has 0 amide bonds. The van der Waals surface area contributed by atoms with Crippen molar-refractivity contribution >= 4 is 28.9 Å². The van der Waals surface area contributed by atoms with Crippen molar-refractivity contribution in [1.29, 1.82) is 0 Å². The molecule has 1 heterocycles. The van der Waals surface area contributed by atoms with E-state index < -0.39 is 6.10 Å². The Morgan fingerprint density at radius 2 is 1.81 bits per heavy atom. The summed E-state index contributed by atoms with van der Waals surface area (Å²) in [5, 5.41) is 11.7. The van der Waals surface area contributed by atoms with Gasteiger partial charge in [0.1, 0.15) is 0 Å². The molecule has 0 aromatic heterocycles. The molecule has 1 saturated heterocycles. The van der Waals surface area contributed by atoms with Crippen molar-refractivity contribution in [3.05, 3.63) is 63.6 Å². The average Bonchev–Trinajstić information content (AvgIpc) is 2.66. The molecule has 0 aliphatic carbocycles. The summed E-state index contributed by atoms with van der Waals surface area (Å²) in [4.78, 5) is 4.64. The van der Waals surface area contributed by atoms with Gasteiger partial charge >= 0.3 is 0 Å². The number of β-amino-alcohol motifs (C(OH)–C–C–N with tert-alkyl or cyclic N) is 1. The monoisotopic (exact) mass is 408 g/mol. The first-order valence-corrected chi connectivity index (χ1v) is 10.0. The van der Waals surface area contributed by atoms with Gasteiger partial charge in [0.2, 0.25) is 0 Å². The van der Waals surface area contributed by atoms with Gasteiger partial charge in [0.05, 0.1) is 19.3 Å². The SMILES string of the molecule is Cc1ccc(Cl)cc1N1CCN(CC(O)COCc2ccccc2Cl)CC1. The molecule has 0 bridgehead atoms. The second-order valence-corrected chi connectivity index (χ2v) is 7.82. The molecule has 1 aliphatic rings. The normalized spacial score (nSPS) is 16.5. The zero-order valence-electron chi connectivity index (χ0n) is 15.6. The Balaban J connectivity index is 1.41. The fourth-order valence-corrected chi connectivity index (χ4v) is 3.72. The molecule has 1 unspecified atom stereocenters. The largest absolute Gasteiger partial charge is 0.389 e. The van der Waals surface area contributed by atoms with Gasteiger partial charge in [-0.2, -0.15) is 0 Å². The average molecular weight is 409 g/mol. The van der Waals surface area contributed by atoms with Gasteiger partial charge in [-0.1, -0.05) is 47.5 Å². The molecule has 3 rings (SSSR count). The van der Waals surface area contributed by atoms with Crippen LogP contribution >= 0.6 is 23.2 Å². The molecule has 0 radical (unpaired) electrons. The highest BCUT2D eigenvalue weighted by atomic mass is 35.5. The second kappa shape index (κ2) is 9.76. The number of hydrogen-bond donors (Lipinski definition) is 1. The summed E-state index contributed by atoms with van der Waals surface area (Å²) in [5.74, 6) is 0. The molecule has 4 nitrogen and oxygen atoms in total. The molecule has 0 spiro atoms. The van der Waals surface area contributed by atoms with Crippen molar-refractivity contribution in [3.8, 4) is 0 Å². The lowest BCUT2D eigenvalue weighted by molar-refractivity contribution is 0.00915. The number of aliphatic hydroxyl groups excluding tert-OH is 1. The van der Waals surface area contributed by atoms with Crippen molar-refractivity contribution in [1.82, 2.24) is 4.90 Å². The predicted octanol–water partition coefficient (Wildman–Crippen LogP) is 4.00. The fraction of sp³-hybridized carbons (Fsp3) is 0.429. The van der Waals surface area contributed by atoms with Gasteiger partial charge in [-0.05, 0) is 36.2 Å². The summed E-state index contributed by atoms with van der Waals surface area (Å²) >= 11 is 12.3. The first-order valence-electron chi connectivity index (χ1n) is 9.25. The van der Waals surface area contributed by atoms with E-state index in [1.54, 1.807) is 0 Å². The summed E-state index contributed by atoms with van der Waals surface area (Å²) in [5.41, 5.74) is 3.38. The maximum absolute atomic E-state index is 10.3. The van der Waals surface area contributed by atoms with Crippen molar-refractivity contribution in [3.63, 3.8) is 0 Å². The van der Waals surface area contributed by atoms with E-state index in [4.69, 9.17) is 27.9 Å². The molecular weight excluding hydrogens is 383 g/mol. The minimum atomic E-state index is -0.507. The zero-order chi connectivity index (χ0) is 19.2. The fourth-order valence-electron chi connectivity index (χ4n) is 3.37. The third-order valence-corrected chi connectivity index (χ3v) is 5.48. The third kappa shape index (κ3) is 5.84. The van der Waals surface area contributed by atoms with Crippen LogP contribution in [0.4, 0.5) is 5.69 Å². The van der Waals surface area contributed by atoms with Crippen LogP contribution in [0.5, 0.6) is 0 Å². The quantitative estimate of drug-likeness (QED) is 0.750. The first kappa shape index (κ1) is 20.4. The molecule has 1 N–H and O–H groups in total. The molecule has 6 heteroatoms. The molecular formula is C21H26Cl2N2O2. The van der Waals surface area contributed by atoms with Crippen molar-refractivity contribution < 1.29 is 9.84 Å². The second-order valence-electron chi connectivity index (χ2n) is 6.98. The Labute approximate surface area is 171 Å². The van der Waals surface area contributed by atoms with E-state index in [9.17, 15) is 5.11 Å². The maximum atomic E-state index is 10.3. The van der Waals surface area contributed by atoms with Crippen LogP contribution < -0.4 is 4.90 Å². The molecule has 146 valence electrons. The number of piperazine rings is 1. The number of aryl methyl sites for hydroxylation is 1. The maximum Gasteiger partial charge on any atom is 0.0900 e. The predicted molar refractivity (Wildman–Crippen MR) is 112 cm³/mol. The summed E-state index contributed by atoms with van der Waals surface area (Å²) in [6, 6.07) is 13.6. The number of nitrogens with zero attached hydrogens (tertiary/aromatic N) is 2. The van der Waals surface area contributed by atoms with Crippen LogP contribution in [-0.4, -0.2) is 55.4 Å². The lowest BCUT2D eigenvalue weighted by atomic mass is 10.1. The van der Waals surface area contributed by atoms with Gasteiger partial charge in [-0.25, -0.2) is 0 Å². The van der Waals surface area contributed by atoms with Crippen LogP contribution in [0.2, 0.25) is 10.0 Å². The number of rotatable bonds is 7. The van der Waals surface area contributed by atoms with E-state index >= 15 is 0 Å². The topological polar surface area (TPSA) is 35.9 Å². The Morgan fingerprint density at radius 3 is 2.56 bits per heavy atom. The van der Waals surface area contributed by atoms with Crippen LogP contribution in [0.15, 0.2) is 42.5 Å². The van der Waals surface area contributed by atoms with E-state index in [1.807, 2.05) is 36.4 Å². The number of hydrogen-bond acceptors (Lipinski definition) is 4. The lowest BCUT2D eigenvalue weighted by Gasteiger charge is -2.37. The van der Waals surface area contributed by atoms with Crippen LogP contribution in [0.1, 0.15) is 11.1 Å². The van der Waals surface area contributed by atoms with Gasteiger partial charge in [0.25, 0.3) is 0 Å². The minimum absolute atomic E-state index is 0.304. The molecule has 1 aliphatic heterocycles. The van der Waals surface area contributed by atoms with E-state index in [2.05, 4.69) is 22.8 Å². The van der Waals surface area contributed by atoms with Gasteiger partial charge in [-0.3, -0.25) is 4.90 Å². The lowest BCUT2D eigenvalue weighted by Crippen LogP contribution is -2.49. The number of anilines is 1. The Bertz CT molecular complexity index is 749. The Morgan fingerprint density at radius 1 is 1.07 bits per heavy atom. The van der Waals surface area contributed by atoms with Crippen LogP contribution in [0.3, 0.4) is 0 Å². The first-order chi connectivity index (χ1) is 13.0. The third-order valence-electron chi connectivity index (χ3n) is 4.88. The Hall–Kier alpha value is -1.30. The molecule has 2 aromatic carbocycles. The van der Waals surface area contributed by atoms with Gasteiger partial charge in [-0.15, -0.1) is 0 Å². The van der Waals surface area contributed by atoms with Crippen molar-refractivity contribution in [2.45, 2.75) is 19.6 Å². The van der Waals surface area contributed by atoms with E-state index in [1.165, 1.54) is 11.3 Å². The van der Waals surface area contributed by atoms with Crippen LogP contribution in [0.25, 0.3) is 0 Å². The number of ether oxygens (including phenoxy) is 1. The minimum Gasteiger partial charge on any atom is -0.389 e. The summed E-state index contributed by atoms with van der Waals surface area (Å²) in [7, 11) is 0. The summed E-state index contributed by atoms with van der Waals surface area (Å²) in [6.07, 6.45) is -0.507. The number of halogens is 2. The molecule has 27 heavy (non-hydrogen) atoms. The van der Waals surface area contributed by atoms with Crippen LogP contribution in [-0.2, 0) is 11.3 Å². The van der Waals surface area contributed by atoms with E-state index in [-0.39, 0.29) is 0 Å². The van der Waals surface area contributed by atoms with Crippen molar-refractivity contribution in [2.24, 2.45) is 0 Å². The molecule has 2 aromatic rings. The molecule has 0 saturated carbocycles. The van der Waals surface area contributed by atoms with Crippen molar-refractivity contribution in [2.75, 3.05) is 44.2 Å². The van der Waals surface area contributed by atoms with Crippen LogP contribution in [0, 0.1) is 6.92 Å². The molecule has 1 atom stereocenters. The highest BCUT2D eigenvalue weighted by Crippen LogP contribution is 2.25. The number of benzene rings is 2. The van der Waals surface area contributed by atoms with E-state index in [0.717, 1.165) is 36.8 Å². The number of aliphatic hydroxyl groups is 1. The summed E-state index contributed by atoms with van der Waals surface area (Å²) < 4.78 is 5.64. The molecule has 1 fully saturated rings. The smallest absolute Gasteiger partial charge is 0.0900 e. The highest BCUT2D eigenvalue weighted by molar-refractivity contribution is 6.31. The standard InChI is InChI=1S/C21H26Cl2N2O2/c1-16-6-7-18(22)12-21(16)25-10-8-24(9-11-25)13-19(26)15-27-14-17-4-2-3-5-20(17)23/h2-7,12,19,26H,8-11,13-15H2,1H3. The van der Waals surface area contributed by atoms with Gasteiger partial charge < -0.3 is 14.7 Å². The zero-order valence-corrected chi connectivity index (χ0v) is 17.1. The van der Waals surface area contributed by atoms with Gasteiger partial charge in [0, 0.05) is 48.5 Å². The van der Waals surface area contributed by atoms with Gasteiger partial charge in [0.15, 0.2) is 0 Å². The van der Waals surface area contributed by atoms with E-state index in [0.29, 0.717) is 24.8 Å². The Kier molecular flexibility index (Phi) is 7.39.